The van der Waals surface area contributed by atoms with Gasteiger partial charge in [-0.05, 0) is 0 Å². The fourth-order valence-electron chi connectivity index (χ4n) is 2.14. The van der Waals surface area contributed by atoms with Crippen molar-refractivity contribution in [3.63, 3.8) is 0 Å². The molecule has 0 aromatic carbocycles. The number of aliphatic hydroxyl groups excluding tert-OH is 1. The van der Waals surface area contributed by atoms with Crippen molar-refractivity contribution < 1.29 is 8.94 Å². The molecule has 0 aromatic rings. The van der Waals surface area contributed by atoms with Crippen molar-refractivity contribution in [2.45, 2.75) is 24.1 Å². The standard InChI is InChI=1S/C10H10O2Se/c11-9-7-4-2-1-3-6(7)5-8-10(9)13(8)12/h2,4,8,11H,1,3,5H2. The molecule has 13 heavy (non-hydrogen) atoms. The van der Waals surface area contributed by atoms with E-state index in [1.807, 2.05) is 6.08 Å². The maximum atomic E-state index is 11.4. The molecule has 1 N–H and O–H groups in total. The van der Waals surface area contributed by atoms with Crippen LogP contribution in [0.25, 0.3) is 0 Å². The van der Waals surface area contributed by atoms with Gasteiger partial charge in [-0.3, -0.25) is 0 Å². The van der Waals surface area contributed by atoms with Crippen molar-refractivity contribution in [1.82, 2.24) is 0 Å². The average molecular weight is 241 g/mol. The van der Waals surface area contributed by atoms with Gasteiger partial charge in [-0.25, -0.2) is 0 Å². The van der Waals surface area contributed by atoms with Crippen LogP contribution in [-0.2, 0) is 3.83 Å². The van der Waals surface area contributed by atoms with E-state index >= 15 is 0 Å². The van der Waals surface area contributed by atoms with Crippen LogP contribution < -0.4 is 0 Å². The monoisotopic (exact) mass is 242 g/mol. The van der Waals surface area contributed by atoms with Crippen LogP contribution in [0.2, 0.25) is 4.82 Å². The molecule has 2 aliphatic carbocycles. The molecule has 3 rings (SSSR count). The van der Waals surface area contributed by atoms with Gasteiger partial charge in [0, 0.05) is 0 Å². The summed E-state index contributed by atoms with van der Waals surface area (Å²) in [5.74, 6) is 0.349. The van der Waals surface area contributed by atoms with Crippen LogP contribution in [0, 0.1) is 0 Å². The van der Waals surface area contributed by atoms with E-state index in [0.29, 0.717) is 5.76 Å². The van der Waals surface area contributed by atoms with Crippen LogP contribution in [0.15, 0.2) is 33.5 Å². The minimum atomic E-state index is -1.76. The van der Waals surface area contributed by atoms with Gasteiger partial charge < -0.3 is 0 Å². The Hall–Kier alpha value is -0.661. The van der Waals surface area contributed by atoms with Gasteiger partial charge in [-0.15, -0.1) is 0 Å². The summed E-state index contributed by atoms with van der Waals surface area (Å²) in [4.78, 5) is 0.255. The molecule has 2 unspecified atom stereocenters. The van der Waals surface area contributed by atoms with Crippen molar-refractivity contribution in [1.29, 1.82) is 0 Å². The molecule has 3 aliphatic rings. The van der Waals surface area contributed by atoms with Crippen LogP contribution >= 0.6 is 0 Å². The second-order valence-electron chi connectivity index (χ2n) is 3.66. The molecule has 0 saturated carbocycles. The molecule has 1 saturated heterocycles. The van der Waals surface area contributed by atoms with Crippen LogP contribution in [0.1, 0.15) is 19.3 Å². The second-order valence-corrected chi connectivity index (χ2v) is 7.03. The van der Waals surface area contributed by atoms with E-state index in [9.17, 15) is 8.94 Å². The third-order valence-corrected chi connectivity index (χ3v) is 6.22. The van der Waals surface area contributed by atoms with Crippen molar-refractivity contribution in [3.8, 4) is 0 Å². The summed E-state index contributed by atoms with van der Waals surface area (Å²) >= 11 is -1.76. The number of hydrogen-bond acceptors (Lipinski definition) is 2. The summed E-state index contributed by atoms with van der Waals surface area (Å²) in [6.45, 7) is 0. The minimum absolute atomic E-state index is 0.255. The predicted octanol–water partition coefficient (Wildman–Crippen LogP) is 2.19. The van der Waals surface area contributed by atoms with Gasteiger partial charge in [0.1, 0.15) is 0 Å². The van der Waals surface area contributed by atoms with Gasteiger partial charge in [0.25, 0.3) is 0 Å². The quantitative estimate of drug-likeness (QED) is 0.660. The summed E-state index contributed by atoms with van der Waals surface area (Å²) < 4.78 is 12.3. The Morgan fingerprint density at radius 1 is 1.54 bits per heavy atom. The molecule has 2 nitrogen and oxygen atoms in total. The summed E-state index contributed by atoms with van der Waals surface area (Å²) in [5, 5.41) is 9.79. The van der Waals surface area contributed by atoms with E-state index in [0.717, 1.165) is 29.3 Å². The van der Waals surface area contributed by atoms with Crippen molar-refractivity contribution in [2.75, 3.05) is 0 Å². The summed E-state index contributed by atoms with van der Waals surface area (Å²) in [5.41, 5.74) is 2.29. The Morgan fingerprint density at radius 3 is 3.23 bits per heavy atom. The van der Waals surface area contributed by atoms with Gasteiger partial charge in [0.15, 0.2) is 0 Å². The van der Waals surface area contributed by atoms with Gasteiger partial charge >= 0.3 is 80.4 Å². The fourth-order valence-corrected chi connectivity index (χ4v) is 5.17. The number of allylic oxidation sites excluding steroid dienone is 4. The number of aliphatic hydroxyl groups is 1. The van der Waals surface area contributed by atoms with Gasteiger partial charge in [-0.2, -0.15) is 0 Å². The molecule has 3 heteroatoms. The summed E-state index contributed by atoms with van der Waals surface area (Å²) in [7, 11) is 0. The van der Waals surface area contributed by atoms with E-state index in [1.165, 1.54) is 5.57 Å². The topological polar surface area (TPSA) is 37.3 Å². The van der Waals surface area contributed by atoms with Gasteiger partial charge in [0.2, 0.25) is 0 Å². The number of rotatable bonds is 0. The van der Waals surface area contributed by atoms with Crippen molar-refractivity contribution in [2.24, 2.45) is 0 Å². The van der Waals surface area contributed by atoms with E-state index in [2.05, 4.69) is 6.08 Å². The molecule has 0 bridgehead atoms. The van der Waals surface area contributed by atoms with E-state index in [1.54, 1.807) is 0 Å². The Balaban J connectivity index is 2.12. The summed E-state index contributed by atoms with van der Waals surface area (Å²) in [6, 6.07) is 0. The first-order valence-corrected chi connectivity index (χ1v) is 7.06. The average Bonchev–Trinajstić information content (AvgIpc) is 2.78. The first-order valence-electron chi connectivity index (χ1n) is 4.51. The summed E-state index contributed by atoms with van der Waals surface area (Å²) in [6.07, 6.45) is 7.12. The van der Waals surface area contributed by atoms with Crippen LogP contribution in [-0.4, -0.2) is 18.9 Å². The second kappa shape index (κ2) is 2.43. The SMILES string of the molecule is O=[Se]1C2=C(O)C3=C(CCC=C3)CC21. The Labute approximate surface area is 80.7 Å². The zero-order valence-corrected chi connectivity index (χ0v) is 8.83. The van der Waals surface area contributed by atoms with Crippen LogP contribution in [0.3, 0.4) is 0 Å². The molecule has 2 atom stereocenters. The number of hydrogen-bond donors (Lipinski definition) is 1. The molecule has 68 valence electrons. The maximum absolute atomic E-state index is 11.4. The van der Waals surface area contributed by atoms with E-state index in [-0.39, 0.29) is 4.82 Å². The Bertz CT molecular complexity index is 401. The Kier molecular flexibility index (Phi) is 1.44. The Morgan fingerprint density at radius 2 is 2.38 bits per heavy atom. The molecule has 0 amide bonds. The zero-order chi connectivity index (χ0) is 9.00. The molecular weight excluding hydrogens is 231 g/mol. The normalized spacial score (nSPS) is 36.0. The third-order valence-electron chi connectivity index (χ3n) is 2.91. The first kappa shape index (κ1) is 7.72. The molecule has 0 aromatic heterocycles. The predicted molar refractivity (Wildman–Crippen MR) is 49.9 cm³/mol. The molecule has 0 spiro atoms. The fraction of sp³-hybridized carbons (Fsp3) is 0.400. The van der Waals surface area contributed by atoms with Crippen molar-refractivity contribution in [3.05, 3.63) is 33.5 Å². The zero-order valence-electron chi connectivity index (χ0n) is 7.12. The van der Waals surface area contributed by atoms with Crippen LogP contribution in [0.5, 0.6) is 0 Å². The van der Waals surface area contributed by atoms with Gasteiger partial charge in [-0.1, -0.05) is 0 Å². The first-order chi connectivity index (χ1) is 6.29. The van der Waals surface area contributed by atoms with Crippen molar-refractivity contribution >= 4 is 13.8 Å². The molecule has 1 heterocycles. The molecule has 1 aliphatic heterocycles. The molecule has 1 fully saturated rings. The van der Waals surface area contributed by atoms with Crippen LogP contribution in [0.4, 0.5) is 0 Å². The molecular formula is C10H10O2Se. The van der Waals surface area contributed by atoms with E-state index < -0.39 is 13.8 Å². The third kappa shape index (κ3) is 0.946. The molecule has 0 radical (unpaired) electrons. The van der Waals surface area contributed by atoms with E-state index in [4.69, 9.17) is 0 Å². The van der Waals surface area contributed by atoms with Gasteiger partial charge in [0.05, 0.1) is 0 Å². The number of fused-ring (bicyclic) bond motifs is 1.